The van der Waals surface area contributed by atoms with Gasteiger partial charge in [-0.05, 0) is 57.5 Å². The van der Waals surface area contributed by atoms with Crippen LogP contribution in [-0.2, 0) is 19.1 Å². The van der Waals surface area contributed by atoms with Gasteiger partial charge in [-0.3, -0.25) is 9.36 Å². The van der Waals surface area contributed by atoms with E-state index in [9.17, 15) is 14.4 Å². The van der Waals surface area contributed by atoms with Crippen LogP contribution in [0.15, 0.2) is 69.6 Å². The van der Waals surface area contributed by atoms with E-state index in [1.54, 1.807) is 51.1 Å². The SMILES string of the molecule is CCOC(=O)COc1ccc(/C=c2\sc3n(c2=O)C(c2ccccc2OCC)C(C(=O)OCC)=C(C)N=3)cc1. The largest absolute Gasteiger partial charge is 0.494 e. The topological polar surface area (TPSA) is 105 Å². The molecule has 1 atom stereocenters. The van der Waals surface area contributed by atoms with Crippen molar-refractivity contribution >= 4 is 29.4 Å². The number of hydrogen-bond donors (Lipinski definition) is 0. The van der Waals surface area contributed by atoms with Crippen LogP contribution in [0, 0.1) is 0 Å². The molecule has 9 nitrogen and oxygen atoms in total. The van der Waals surface area contributed by atoms with Gasteiger partial charge in [0.15, 0.2) is 11.4 Å². The standard InChI is InChI=1S/C29H30N2O7S/c1-5-35-22-11-9-8-10-21(22)26-25(28(34)37-7-3)18(4)30-29-31(26)27(33)23(39-29)16-19-12-14-20(15-13-19)38-17-24(32)36-6-2/h8-16,26H,5-7,17H2,1-4H3/b23-16-. The van der Waals surface area contributed by atoms with E-state index in [0.717, 1.165) is 5.56 Å². The lowest BCUT2D eigenvalue weighted by molar-refractivity contribution is -0.145. The van der Waals surface area contributed by atoms with Crippen molar-refractivity contribution in [1.82, 2.24) is 4.57 Å². The van der Waals surface area contributed by atoms with Crippen molar-refractivity contribution in [2.24, 2.45) is 4.99 Å². The molecule has 0 spiro atoms. The first-order chi connectivity index (χ1) is 18.9. The van der Waals surface area contributed by atoms with Gasteiger partial charge in [0.1, 0.15) is 17.5 Å². The molecule has 1 unspecified atom stereocenters. The molecule has 10 heteroatoms. The fraction of sp³-hybridized carbons (Fsp3) is 0.310. The minimum atomic E-state index is -0.760. The van der Waals surface area contributed by atoms with Crippen LogP contribution in [-0.4, -0.2) is 42.9 Å². The average Bonchev–Trinajstić information content (AvgIpc) is 3.22. The van der Waals surface area contributed by atoms with Gasteiger partial charge >= 0.3 is 11.9 Å². The van der Waals surface area contributed by atoms with Crippen LogP contribution in [0.5, 0.6) is 11.5 Å². The lowest BCUT2D eigenvalue weighted by Crippen LogP contribution is -2.40. The Morgan fingerprint density at radius 1 is 0.974 bits per heavy atom. The fourth-order valence-corrected chi connectivity index (χ4v) is 5.28. The molecule has 0 saturated heterocycles. The maximum Gasteiger partial charge on any atom is 0.344 e. The quantitative estimate of drug-likeness (QED) is 0.357. The van der Waals surface area contributed by atoms with Crippen LogP contribution >= 0.6 is 11.3 Å². The Morgan fingerprint density at radius 3 is 2.38 bits per heavy atom. The molecule has 1 aliphatic rings. The predicted molar refractivity (Wildman–Crippen MR) is 147 cm³/mol. The smallest absolute Gasteiger partial charge is 0.344 e. The van der Waals surface area contributed by atoms with Crippen LogP contribution in [0.1, 0.15) is 44.9 Å². The number of carbonyl (C=O) groups is 2. The highest BCUT2D eigenvalue weighted by Crippen LogP contribution is 2.35. The number of rotatable bonds is 10. The van der Waals surface area contributed by atoms with Crippen molar-refractivity contribution in [2.45, 2.75) is 33.7 Å². The molecule has 0 N–H and O–H groups in total. The molecule has 1 aromatic heterocycles. The monoisotopic (exact) mass is 550 g/mol. The first-order valence-electron chi connectivity index (χ1n) is 12.7. The summed E-state index contributed by atoms with van der Waals surface area (Å²) in [7, 11) is 0. The third-order valence-corrected chi connectivity index (χ3v) is 6.85. The molecule has 0 saturated carbocycles. The highest BCUT2D eigenvalue weighted by atomic mass is 32.1. The number of aromatic nitrogens is 1. The number of carbonyl (C=O) groups excluding carboxylic acids is 2. The molecule has 3 aromatic rings. The van der Waals surface area contributed by atoms with Gasteiger partial charge in [0, 0.05) is 5.56 Å². The van der Waals surface area contributed by atoms with Crippen molar-refractivity contribution in [1.29, 1.82) is 0 Å². The van der Waals surface area contributed by atoms with E-state index in [2.05, 4.69) is 4.99 Å². The Labute approximate surface area is 229 Å². The molecule has 0 aliphatic carbocycles. The van der Waals surface area contributed by atoms with E-state index in [4.69, 9.17) is 18.9 Å². The van der Waals surface area contributed by atoms with Gasteiger partial charge in [0.05, 0.1) is 35.6 Å². The Morgan fingerprint density at radius 2 is 1.69 bits per heavy atom. The zero-order chi connectivity index (χ0) is 27.9. The molecule has 0 amide bonds. The molecular formula is C29H30N2O7S. The van der Waals surface area contributed by atoms with E-state index < -0.39 is 18.0 Å². The van der Waals surface area contributed by atoms with Gasteiger partial charge < -0.3 is 18.9 Å². The van der Waals surface area contributed by atoms with Crippen LogP contribution in [0.3, 0.4) is 0 Å². The summed E-state index contributed by atoms with van der Waals surface area (Å²) in [4.78, 5) is 43.5. The Hall–Kier alpha value is -4.18. The highest BCUT2D eigenvalue weighted by molar-refractivity contribution is 7.07. The highest BCUT2D eigenvalue weighted by Gasteiger charge is 2.35. The Balaban J connectivity index is 1.77. The summed E-state index contributed by atoms with van der Waals surface area (Å²) in [5, 5.41) is 0. The number of para-hydroxylation sites is 1. The first-order valence-corrected chi connectivity index (χ1v) is 13.5. The summed E-state index contributed by atoms with van der Waals surface area (Å²) in [5.41, 5.74) is 1.93. The van der Waals surface area contributed by atoms with E-state index in [1.165, 1.54) is 15.9 Å². The summed E-state index contributed by atoms with van der Waals surface area (Å²) in [6.07, 6.45) is 1.76. The normalized spacial score (nSPS) is 14.9. The van der Waals surface area contributed by atoms with E-state index >= 15 is 0 Å². The van der Waals surface area contributed by atoms with E-state index in [-0.39, 0.29) is 25.4 Å². The number of nitrogens with zero attached hydrogens (tertiary/aromatic N) is 2. The first kappa shape index (κ1) is 27.8. The molecule has 1 aliphatic heterocycles. The number of thiazole rings is 1. The molecule has 39 heavy (non-hydrogen) atoms. The maximum atomic E-state index is 13.8. The van der Waals surface area contributed by atoms with Gasteiger partial charge in [0.2, 0.25) is 0 Å². The number of benzene rings is 2. The molecular weight excluding hydrogens is 520 g/mol. The number of ether oxygens (including phenoxy) is 4. The van der Waals surface area contributed by atoms with Crippen LogP contribution < -0.4 is 24.4 Å². The molecule has 2 heterocycles. The van der Waals surface area contributed by atoms with Gasteiger partial charge in [-0.2, -0.15) is 0 Å². The van der Waals surface area contributed by atoms with Gasteiger partial charge in [-0.15, -0.1) is 0 Å². The Bertz CT molecular complexity index is 1570. The van der Waals surface area contributed by atoms with Crippen molar-refractivity contribution < 1.29 is 28.5 Å². The zero-order valence-corrected chi connectivity index (χ0v) is 23.1. The minimum Gasteiger partial charge on any atom is -0.494 e. The second kappa shape index (κ2) is 12.6. The summed E-state index contributed by atoms with van der Waals surface area (Å²) >= 11 is 1.24. The molecule has 204 valence electrons. The van der Waals surface area contributed by atoms with Crippen LogP contribution in [0.2, 0.25) is 0 Å². The van der Waals surface area contributed by atoms with Gasteiger partial charge in [-0.1, -0.05) is 41.7 Å². The van der Waals surface area contributed by atoms with Crippen molar-refractivity contribution in [3.8, 4) is 11.5 Å². The summed E-state index contributed by atoms with van der Waals surface area (Å²) in [5.74, 6) is 0.113. The van der Waals surface area contributed by atoms with Crippen molar-refractivity contribution in [2.75, 3.05) is 26.4 Å². The second-order valence-corrected chi connectivity index (χ2v) is 9.44. The lowest BCUT2D eigenvalue weighted by atomic mass is 9.95. The van der Waals surface area contributed by atoms with Crippen LogP contribution in [0.4, 0.5) is 0 Å². The van der Waals surface area contributed by atoms with Crippen LogP contribution in [0.25, 0.3) is 6.08 Å². The third kappa shape index (κ3) is 6.12. The molecule has 0 radical (unpaired) electrons. The van der Waals surface area contributed by atoms with Gasteiger partial charge in [0.25, 0.3) is 5.56 Å². The zero-order valence-electron chi connectivity index (χ0n) is 22.3. The Kier molecular flexibility index (Phi) is 8.98. The predicted octanol–water partition coefficient (Wildman–Crippen LogP) is 3.14. The number of fused-ring (bicyclic) bond motifs is 1. The number of hydrogen-bond acceptors (Lipinski definition) is 9. The van der Waals surface area contributed by atoms with E-state index in [1.807, 2.05) is 31.2 Å². The average molecular weight is 551 g/mol. The molecule has 0 fully saturated rings. The molecule has 4 rings (SSSR count). The maximum absolute atomic E-state index is 13.8. The lowest BCUT2D eigenvalue weighted by Gasteiger charge is -2.26. The second-order valence-electron chi connectivity index (χ2n) is 8.44. The fourth-order valence-electron chi connectivity index (χ4n) is 4.24. The minimum absolute atomic E-state index is 0.183. The number of allylic oxidation sites excluding steroid dienone is 1. The number of esters is 2. The van der Waals surface area contributed by atoms with Crippen molar-refractivity contribution in [3.63, 3.8) is 0 Å². The summed E-state index contributed by atoms with van der Waals surface area (Å²) in [6, 6.07) is 13.6. The molecule has 0 bridgehead atoms. The van der Waals surface area contributed by atoms with E-state index in [0.29, 0.717) is 44.3 Å². The summed E-state index contributed by atoms with van der Waals surface area (Å²) < 4.78 is 23.5. The summed E-state index contributed by atoms with van der Waals surface area (Å²) in [6.45, 7) is 7.82. The molecule has 2 aromatic carbocycles. The third-order valence-electron chi connectivity index (χ3n) is 5.87. The van der Waals surface area contributed by atoms with Crippen molar-refractivity contribution in [3.05, 3.63) is 90.6 Å². The van der Waals surface area contributed by atoms with Gasteiger partial charge in [-0.25, -0.2) is 14.6 Å².